The highest BCUT2D eigenvalue weighted by atomic mass is 32.2. The zero-order valence-corrected chi connectivity index (χ0v) is 30.6. The minimum atomic E-state index is -1.23. The molecule has 0 saturated heterocycles. The smallest absolute Gasteiger partial charge is 0.342 e. The number of carboxylic acid groups (broad SMARTS) is 2. The molecule has 2 aliphatic rings. The summed E-state index contributed by atoms with van der Waals surface area (Å²) in [6.07, 6.45) is 2.06. The molecule has 12 nitrogen and oxygen atoms in total. The second kappa shape index (κ2) is 15.9. The Morgan fingerprint density at radius 3 is 2.08 bits per heavy atom. The van der Waals surface area contributed by atoms with E-state index in [1.807, 2.05) is 20.8 Å². The summed E-state index contributed by atoms with van der Waals surface area (Å²) in [5.74, 6) is -1.65. The lowest BCUT2D eigenvalue weighted by atomic mass is 9.75. The van der Waals surface area contributed by atoms with Crippen molar-refractivity contribution in [1.29, 1.82) is 0 Å². The van der Waals surface area contributed by atoms with Crippen molar-refractivity contribution in [1.82, 2.24) is 10.3 Å². The van der Waals surface area contributed by atoms with Gasteiger partial charge in [0.25, 0.3) is 0 Å². The monoisotopic (exact) mass is 706 g/mol. The maximum Gasteiger partial charge on any atom is 0.342 e. The van der Waals surface area contributed by atoms with Crippen molar-refractivity contribution >= 4 is 58.7 Å². The summed E-state index contributed by atoms with van der Waals surface area (Å²) in [5, 5.41) is 24.4. The molecule has 5 N–H and O–H groups in total. The number of amides is 2. The molecule has 1 saturated carbocycles. The number of anilines is 1. The first-order chi connectivity index (χ1) is 23.5. The Morgan fingerprint density at radius 1 is 0.920 bits per heavy atom. The number of H-pyrrole nitrogens is 1. The number of benzene rings is 1. The van der Waals surface area contributed by atoms with Crippen LogP contribution in [0.15, 0.2) is 44.9 Å². The van der Waals surface area contributed by atoms with Gasteiger partial charge in [-0.1, -0.05) is 20.8 Å². The van der Waals surface area contributed by atoms with Crippen LogP contribution in [0, 0.1) is 31.6 Å². The molecule has 268 valence electrons. The number of carbonyl (C=O) groups excluding carboxylic acids is 3. The largest absolute Gasteiger partial charge is 0.478 e. The summed E-state index contributed by atoms with van der Waals surface area (Å²) in [6.45, 7) is 15.3. The summed E-state index contributed by atoms with van der Waals surface area (Å²) in [7, 11) is 0. The van der Waals surface area contributed by atoms with Crippen molar-refractivity contribution in [3.63, 3.8) is 0 Å². The van der Waals surface area contributed by atoms with Crippen LogP contribution in [0.5, 0.6) is 0 Å². The van der Waals surface area contributed by atoms with Gasteiger partial charge in [0, 0.05) is 23.9 Å². The minimum absolute atomic E-state index is 0.0689. The average Bonchev–Trinajstić information content (AvgIpc) is 3.50. The van der Waals surface area contributed by atoms with Crippen molar-refractivity contribution < 1.29 is 38.9 Å². The molecule has 50 heavy (non-hydrogen) atoms. The summed E-state index contributed by atoms with van der Waals surface area (Å²) in [6, 6.07) is 3.90. The molecule has 0 radical (unpaired) electrons. The van der Waals surface area contributed by atoms with Crippen LogP contribution in [-0.4, -0.2) is 62.6 Å². The average molecular weight is 707 g/mol. The maximum atomic E-state index is 13.9. The van der Waals surface area contributed by atoms with Crippen LogP contribution in [0.2, 0.25) is 0 Å². The number of hydrogen-bond acceptors (Lipinski definition) is 8. The Balaban J connectivity index is 1.57. The fourth-order valence-electron chi connectivity index (χ4n) is 6.89. The first-order valence-corrected chi connectivity index (χ1v) is 17.7. The van der Waals surface area contributed by atoms with Crippen LogP contribution in [0.1, 0.15) is 105 Å². The van der Waals surface area contributed by atoms with E-state index in [-0.39, 0.29) is 58.7 Å². The van der Waals surface area contributed by atoms with E-state index in [1.165, 1.54) is 30.8 Å². The second-order valence-electron chi connectivity index (χ2n) is 13.5. The number of nitrogens with one attached hydrogen (secondary N) is 3. The second-order valence-corrected chi connectivity index (χ2v) is 14.7. The van der Waals surface area contributed by atoms with Gasteiger partial charge >= 0.3 is 17.9 Å². The van der Waals surface area contributed by atoms with Crippen molar-refractivity contribution in [2.45, 2.75) is 92.1 Å². The fraction of sp³-hybridized carbons (Fsp3) is 0.459. The highest BCUT2D eigenvalue weighted by molar-refractivity contribution is 7.99. The summed E-state index contributed by atoms with van der Waals surface area (Å²) in [5.41, 5.74) is 4.23. The summed E-state index contributed by atoms with van der Waals surface area (Å²) in [4.78, 5) is 70.4. The Morgan fingerprint density at radius 2 is 1.52 bits per heavy atom. The van der Waals surface area contributed by atoms with Crippen LogP contribution < -0.4 is 10.6 Å². The zero-order chi connectivity index (χ0) is 37.0. The van der Waals surface area contributed by atoms with E-state index in [1.54, 1.807) is 6.92 Å². The van der Waals surface area contributed by atoms with Gasteiger partial charge in [-0.05, 0) is 111 Å². The summed E-state index contributed by atoms with van der Waals surface area (Å²) < 4.78 is 6.16. The van der Waals surface area contributed by atoms with Crippen LogP contribution in [-0.2, 0) is 19.1 Å². The number of esters is 1. The molecule has 1 aromatic heterocycles. The number of rotatable bonds is 11. The SMILES string of the molecule is CC(=O)Nc1[nH]c(C(C)=C2N=C(NC(=O)CCCSc3cc(C(=O)O)cc(C(=O)O)c3)C(C(=O)OC3C(C)CC(C)CC3C)=C2C)c(C)c1C. The Bertz CT molecular complexity index is 1780. The predicted molar refractivity (Wildman–Crippen MR) is 192 cm³/mol. The van der Waals surface area contributed by atoms with Gasteiger partial charge in [0.1, 0.15) is 23.3 Å². The Kier molecular flexibility index (Phi) is 12.2. The van der Waals surface area contributed by atoms with E-state index in [9.17, 15) is 34.2 Å². The first-order valence-electron chi connectivity index (χ1n) is 16.7. The highest BCUT2D eigenvalue weighted by Gasteiger charge is 2.38. The normalized spacial score (nSPS) is 21.4. The van der Waals surface area contributed by atoms with E-state index in [2.05, 4.69) is 36.4 Å². The minimum Gasteiger partial charge on any atom is -0.478 e. The van der Waals surface area contributed by atoms with Crippen molar-refractivity contribution in [3.8, 4) is 0 Å². The fourth-order valence-corrected chi connectivity index (χ4v) is 7.84. The number of allylic oxidation sites excluding steroid dienone is 2. The van der Waals surface area contributed by atoms with Crippen molar-refractivity contribution in [2.24, 2.45) is 22.7 Å². The molecule has 4 rings (SSSR count). The number of ether oxygens (including phenoxy) is 1. The maximum absolute atomic E-state index is 13.9. The molecule has 2 aromatic rings. The number of carbonyl (C=O) groups is 5. The van der Waals surface area contributed by atoms with Gasteiger partial charge < -0.3 is 30.6 Å². The van der Waals surface area contributed by atoms with Crippen LogP contribution >= 0.6 is 11.8 Å². The van der Waals surface area contributed by atoms with Crippen LogP contribution in [0.3, 0.4) is 0 Å². The third-order valence-electron chi connectivity index (χ3n) is 9.38. The van der Waals surface area contributed by atoms with E-state index in [4.69, 9.17) is 9.73 Å². The molecule has 2 unspecified atom stereocenters. The van der Waals surface area contributed by atoms with Gasteiger partial charge in [-0.25, -0.2) is 19.4 Å². The number of aliphatic imine (C=N–C) groups is 1. The molecular formula is C37H46N4O8S. The quantitative estimate of drug-likeness (QED) is 0.0957. The molecule has 2 amide bonds. The molecule has 2 atom stereocenters. The van der Waals surface area contributed by atoms with Gasteiger partial charge in [-0.3, -0.25) is 9.59 Å². The molecule has 1 aromatic carbocycles. The molecule has 1 aliphatic heterocycles. The lowest BCUT2D eigenvalue weighted by Gasteiger charge is -2.37. The number of amidine groups is 1. The number of aromatic amines is 1. The van der Waals surface area contributed by atoms with Gasteiger partial charge in [0.15, 0.2) is 0 Å². The van der Waals surface area contributed by atoms with E-state index in [0.29, 0.717) is 40.1 Å². The molecule has 0 spiro atoms. The summed E-state index contributed by atoms with van der Waals surface area (Å²) >= 11 is 1.25. The van der Waals surface area contributed by atoms with E-state index >= 15 is 0 Å². The van der Waals surface area contributed by atoms with Crippen LogP contribution in [0.25, 0.3) is 5.57 Å². The number of thioether (sulfide) groups is 1. The van der Waals surface area contributed by atoms with Crippen LogP contribution in [0.4, 0.5) is 5.82 Å². The number of aromatic nitrogens is 1. The van der Waals surface area contributed by atoms with Gasteiger partial charge in [0.2, 0.25) is 11.8 Å². The van der Waals surface area contributed by atoms with Gasteiger partial charge in [-0.15, -0.1) is 11.8 Å². The van der Waals surface area contributed by atoms with Crippen molar-refractivity contribution in [3.05, 3.63) is 63.0 Å². The van der Waals surface area contributed by atoms with Gasteiger partial charge in [0.05, 0.1) is 16.8 Å². The number of hydrogen-bond donors (Lipinski definition) is 5. The lowest BCUT2D eigenvalue weighted by molar-refractivity contribution is -0.152. The predicted octanol–water partition coefficient (Wildman–Crippen LogP) is 6.75. The highest BCUT2D eigenvalue weighted by Crippen LogP contribution is 2.38. The number of aromatic carboxylic acids is 2. The number of carboxylic acids is 2. The Hall–Kier alpha value is -4.65. The molecule has 2 heterocycles. The van der Waals surface area contributed by atoms with E-state index < -0.39 is 17.9 Å². The molecule has 0 bridgehead atoms. The van der Waals surface area contributed by atoms with Crippen molar-refractivity contribution in [2.75, 3.05) is 11.1 Å². The molecule has 1 fully saturated rings. The number of nitrogens with zero attached hydrogens (tertiary/aromatic N) is 1. The topological polar surface area (TPSA) is 187 Å². The van der Waals surface area contributed by atoms with Gasteiger partial charge in [-0.2, -0.15) is 0 Å². The first kappa shape index (κ1) is 38.2. The molecule has 13 heteroatoms. The lowest BCUT2D eigenvalue weighted by Crippen LogP contribution is -2.40. The third-order valence-corrected chi connectivity index (χ3v) is 10.4. The molecule has 1 aliphatic carbocycles. The Labute approximate surface area is 296 Å². The van der Waals surface area contributed by atoms with E-state index in [0.717, 1.165) is 41.3 Å². The molecular weight excluding hydrogens is 660 g/mol. The standard InChI is InChI=1S/C37H46N4O8S/c1-17-12-18(2)32(19(3)13-17)49-37(48)29-22(6)31(23(7)30-20(4)21(5)33(40-30)38-24(8)42)41-34(29)39-28(43)10-9-11-50-27-15-25(35(44)45)14-26(16-27)36(46)47/h14-19,32,40H,9-13H2,1-8H3,(H,38,42)(H,44,45)(H,46,47)(H,39,41,43). The zero-order valence-electron chi connectivity index (χ0n) is 29.8. The third kappa shape index (κ3) is 8.73.